The van der Waals surface area contributed by atoms with E-state index in [1.165, 1.54) is 0 Å². The number of morpholine rings is 1. The molecule has 0 unspecified atom stereocenters. The summed E-state index contributed by atoms with van der Waals surface area (Å²) in [6, 6.07) is 5.91. The second-order valence-corrected chi connectivity index (χ2v) is 4.33. The van der Waals surface area contributed by atoms with Crippen LogP contribution in [0.1, 0.15) is 12.5 Å². The Labute approximate surface area is 102 Å². The highest BCUT2D eigenvalue weighted by Gasteiger charge is 2.30. The zero-order valence-electron chi connectivity index (χ0n) is 10.6. The van der Waals surface area contributed by atoms with Crippen molar-refractivity contribution in [2.24, 2.45) is 0 Å². The van der Waals surface area contributed by atoms with Gasteiger partial charge in [0.2, 0.25) is 0 Å². The molecular weight excluding hydrogens is 218 g/mol. The average molecular weight is 237 g/mol. The summed E-state index contributed by atoms with van der Waals surface area (Å²) in [6.07, 6.45) is 0. The van der Waals surface area contributed by atoms with E-state index in [0.717, 1.165) is 36.8 Å². The Morgan fingerprint density at radius 1 is 1.24 bits per heavy atom. The lowest BCUT2D eigenvalue weighted by Gasteiger charge is -2.35. The van der Waals surface area contributed by atoms with Gasteiger partial charge in [0.05, 0.1) is 20.8 Å². The van der Waals surface area contributed by atoms with Crippen LogP contribution in [0, 0.1) is 0 Å². The molecule has 0 bridgehead atoms. The van der Waals surface area contributed by atoms with Crippen LogP contribution in [0.2, 0.25) is 0 Å². The third-order valence-corrected chi connectivity index (χ3v) is 3.16. The van der Waals surface area contributed by atoms with E-state index < -0.39 is 0 Å². The van der Waals surface area contributed by atoms with Crippen LogP contribution in [0.15, 0.2) is 18.2 Å². The molecular formula is C13H19NO3. The van der Waals surface area contributed by atoms with Crippen LogP contribution < -0.4 is 14.8 Å². The summed E-state index contributed by atoms with van der Waals surface area (Å²) in [6.45, 7) is 4.52. The number of rotatable bonds is 3. The summed E-state index contributed by atoms with van der Waals surface area (Å²) in [5, 5.41) is 3.34. The lowest BCUT2D eigenvalue weighted by molar-refractivity contribution is -0.0573. The highest BCUT2D eigenvalue weighted by atomic mass is 16.5. The molecule has 1 aromatic carbocycles. The number of nitrogens with one attached hydrogen (secondary N) is 1. The standard InChI is InChI=1S/C13H19NO3/c1-13(9-14-6-7-17-13)10-4-5-11(15-2)12(8-10)16-3/h4-5,8,14H,6-7,9H2,1-3H3/t13-/m0/s1. The maximum atomic E-state index is 5.87. The number of ether oxygens (including phenoxy) is 3. The molecule has 0 spiro atoms. The topological polar surface area (TPSA) is 39.7 Å². The molecule has 17 heavy (non-hydrogen) atoms. The van der Waals surface area contributed by atoms with Gasteiger partial charge in [-0.05, 0) is 24.6 Å². The highest BCUT2D eigenvalue weighted by Crippen LogP contribution is 2.34. The predicted molar refractivity (Wildman–Crippen MR) is 65.7 cm³/mol. The average Bonchev–Trinajstić information content (AvgIpc) is 2.38. The molecule has 1 aliphatic rings. The van der Waals surface area contributed by atoms with Crippen molar-refractivity contribution >= 4 is 0 Å². The minimum absolute atomic E-state index is 0.294. The van der Waals surface area contributed by atoms with E-state index in [2.05, 4.69) is 12.2 Å². The summed E-state index contributed by atoms with van der Waals surface area (Å²) in [5.41, 5.74) is 0.806. The van der Waals surface area contributed by atoms with Crippen LogP contribution >= 0.6 is 0 Å². The van der Waals surface area contributed by atoms with Gasteiger partial charge in [0, 0.05) is 13.1 Å². The molecule has 4 nitrogen and oxygen atoms in total. The fraction of sp³-hybridized carbons (Fsp3) is 0.538. The molecule has 1 heterocycles. The van der Waals surface area contributed by atoms with Crippen molar-refractivity contribution in [2.45, 2.75) is 12.5 Å². The van der Waals surface area contributed by atoms with Gasteiger partial charge in [-0.1, -0.05) is 6.07 Å². The summed E-state index contributed by atoms with van der Waals surface area (Å²) in [7, 11) is 3.28. The summed E-state index contributed by atoms with van der Waals surface area (Å²) < 4.78 is 16.4. The first kappa shape index (κ1) is 12.2. The smallest absolute Gasteiger partial charge is 0.161 e. The second kappa shape index (κ2) is 4.94. The Kier molecular flexibility index (Phi) is 3.54. The molecule has 0 amide bonds. The van der Waals surface area contributed by atoms with Crippen LogP contribution in [0.25, 0.3) is 0 Å². The lowest BCUT2D eigenvalue weighted by Crippen LogP contribution is -2.45. The predicted octanol–water partition coefficient (Wildman–Crippen LogP) is 1.54. The van der Waals surface area contributed by atoms with Gasteiger partial charge in [0.25, 0.3) is 0 Å². The van der Waals surface area contributed by atoms with Crippen molar-refractivity contribution in [1.29, 1.82) is 0 Å². The van der Waals surface area contributed by atoms with Gasteiger partial charge in [0.1, 0.15) is 5.60 Å². The molecule has 0 aliphatic carbocycles. The molecule has 1 saturated heterocycles. The van der Waals surface area contributed by atoms with Gasteiger partial charge in [-0.3, -0.25) is 0 Å². The second-order valence-electron chi connectivity index (χ2n) is 4.33. The molecule has 2 rings (SSSR count). The van der Waals surface area contributed by atoms with Gasteiger partial charge in [-0.2, -0.15) is 0 Å². The van der Waals surface area contributed by atoms with E-state index in [-0.39, 0.29) is 5.60 Å². The van der Waals surface area contributed by atoms with E-state index in [1.54, 1.807) is 14.2 Å². The van der Waals surface area contributed by atoms with Crippen molar-refractivity contribution in [3.8, 4) is 11.5 Å². The van der Waals surface area contributed by atoms with Gasteiger partial charge in [-0.25, -0.2) is 0 Å². The monoisotopic (exact) mass is 237 g/mol. The van der Waals surface area contributed by atoms with Crippen LogP contribution in [0.5, 0.6) is 11.5 Å². The van der Waals surface area contributed by atoms with Gasteiger partial charge in [0.15, 0.2) is 11.5 Å². The molecule has 1 aliphatic heterocycles. The first-order valence-electron chi connectivity index (χ1n) is 5.77. The van der Waals surface area contributed by atoms with Crippen LogP contribution in [-0.2, 0) is 10.3 Å². The van der Waals surface area contributed by atoms with Gasteiger partial charge >= 0.3 is 0 Å². The zero-order valence-corrected chi connectivity index (χ0v) is 10.6. The van der Waals surface area contributed by atoms with Crippen LogP contribution in [0.3, 0.4) is 0 Å². The summed E-state index contributed by atoms with van der Waals surface area (Å²) >= 11 is 0. The Morgan fingerprint density at radius 3 is 2.59 bits per heavy atom. The molecule has 1 fully saturated rings. The van der Waals surface area contributed by atoms with Crippen molar-refractivity contribution in [3.63, 3.8) is 0 Å². The van der Waals surface area contributed by atoms with Crippen LogP contribution in [-0.4, -0.2) is 33.9 Å². The summed E-state index contributed by atoms with van der Waals surface area (Å²) in [5.74, 6) is 1.48. The molecule has 94 valence electrons. The largest absolute Gasteiger partial charge is 0.493 e. The molecule has 4 heteroatoms. The Morgan fingerprint density at radius 2 is 2.00 bits per heavy atom. The maximum absolute atomic E-state index is 5.87. The summed E-state index contributed by atoms with van der Waals surface area (Å²) in [4.78, 5) is 0. The first-order chi connectivity index (χ1) is 8.19. The van der Waals surface area contributed by atoms with Gasteiger partial charge in [-0.15, -0.1) is 0 Å². The van der Waals surface area contributed by atoms with E-state index in [4.69, 9.17) is 14.2 Å². The third-order valence-electron chi connectivity index (χ3n) is 3.16. The normalized spacial score (nSPS) is 24.4. The van der Waals surface area contributed by atoms with E-state index >= 15 is 0 Å². The Bertz CT molecular complexity index is 386. The number of methoxy groups -OCH3 is 2. The molecule has 0 saturated carbocycles. The lowest BCUT2D eigenvalue weighted by atomic mass is 9.94. The zero-order chi connectivity index (χ0) is 12.3. The van der Waals surface area contributed by atoms with Crippen LogP contribution in [0.4, 0.5) is 0 Å². The number of hydrogen-bond donors (Lipinski definition) is 1. The van der Waals surface area contributed by atoms with Crippen molar-refractivity contribution < 1.29 is 14.2 Å². The van der Waals surface area contributed by atoms with Crippen molar-refractivity contribution in [2.75, 3.05) is 33.9 Å². The molecule has 0 aromatic heterocycles. The third kappa shape index (κ3) is 2.37. The first-order valence-corrected chi connectivity index (χ1v) is 5.77. The van der Waals surface area contributed by atoms with E-state index in [1.807, 2.05) is 18.2 Å². The SMILES string of the molecule is COc1ccc([C@]2(C)CNCCO2)cc1OC. The molecule has 1 aromatic rings. The number of benzene rings is 1. The molecule has 1 atom stereocenters. The quantitative estimate of drug-likeness (QED) is 0.865. The fourth-order valence-electron chi connectivity index (χ4n) is 2.08. The Balaban J connectivity index is 2.32. The molecule has 1 N–H and O–H groups in total. The molecule has 0 radical (unpaired) electrons. The van der Waals surface area contributed by atoms with E-state index in [0.29, 0.717) is 0 Å². The minimum Gasteiger partial charge on any atom is -0.493 e. The number of hydrogen-bond acceptors (Lipinski definition) is 4. The van der Waals surface area contributed by atoms with Gasteiger partial charge < -0.3 is 19.5 Å². The van der Waals surface area contributed by atoms with Crippen molar-refractivity contribution in [3.05, 3.63) is 23.8 Å². The fourth-order valence-corrected chi connectivity index (χ4v) is 2.08. The maximum Gasteiger partial charge on any atom is 0.161 e. The Hall–Kier alpha value is -1.26. The van der Waals surface area contributed by atoms with E-state index in [9.17, 15) is 0 Å². The minimum atomic E-state index is -0.294. The van der Waals surface area contributed by atoms with Crippen molar-refractivity contribution in [1.82, 2.24) is 5.32 Å². The highest BCUT2D eigenvalue weighted by molar-refractivity contribution is 5.44.